The number of ether oxygens (including phenoxy) is 1. The fraction of sp³-hybridized carbons (Fsp3) is 0.562. The van der Waals surface area contributed by atoms with Gasteiger partial charge in [0, 0.05) is 25.8 Å². The molecule has 0 saturated carbocycles. The Kier molecular flexibility index (Phi) is 5.45. The topological polar surface area (TPSA) is 63.7 Å². The second-order valence-electron chi connectivity index (χ2n) is 5.93. The lowest BCUT2D eigenvalue weighted by molar-refractivity contribution is -0.129. The first kappa shape index (κ1) is 16.8. The lowest BCUT2D eigenvalue weighted by Crippen LogP contribution is -2.30. The number of hydrogen-bond donors (Lipinski definition) is 0. The normalized spacial score (nSPS) is 18.5. The summed E-state index contributed by atoms with van der Waals surface area (Å²) in [6, 6.07) is 7.98. The van der Waals surface area contributed by atoms with Gasteiger partial charge in [-0.2, -0.15) is 0 Å². The van der Waals surface area contributed by atoms with Crippen LogP contribution in [0.2, 0.25) is 0 Å². The van der Waals surface area contributed by atoms with Crippen molar-refractivity contribution in [1.29, 1.82) is 0 Å². The highest BCUT2D eigenvalue weighted by molar-refractivity contribution is 7.90. The lowest BCUT2D eigenvalue weighted by Gasteiger charge is -2.16. The number of nitrogens with zero attached hydrogens (tertiary/aromatic N) is 1. The van der Waals surface area contributed by atoms with Gasteiger partial charge in [0.1, 0.15) is 15.6 Å². The number of benzene rings is 1. The highest BCUT2D eigenvalue weighted by Crippen LogP contribution is 2.22. The number of carbonyl (C=O) groups excluding carboxylic acids is 1. The van der Waals surface area contributed by atoms with Gasteiger partial charge in [0.05, 0.1) is 12.9 Å². The molecular formula is C16H23NO4S. The Morgan fingerprint density at radius 1 is 1.32 bits per heavy atom. The zero-order valence-corrected chi connectivity index (χ0v) is 13.9. The first-order valence-corrected chi connectivity index (χ1v) is 9.52. The molecule has 5 nitrogen and oxygen atoms in total. The number of carbonyl (C=O) groups is 1. The van der Waals surface area contributed by atoms with E-state index in [1.165, 1.54) is 5.56 Å². The fourth-order valence-electron chi connectivity index (χ4n) is 2.75. The van der Waals surface area contributed by atoms with E-state index >= 15 is 0 Å². The van der Waals surface area contributed by atoms with Crippen LogP contribution in [0.15, 0.2) is 24.3 Å². The quantitative estimate of drug-likeness (QED) is 0.795. The van der Waals surface area contributed by atoms with E-state index in [0.29, 0.717) is 12.5 Å². The number of methoxy groups -OCH3 is 1. The lowest BCUT2D eigenvalue weighted by atomic mass is 9.99. The smallest absolute Gasteiger partial charge is 0.223 e. The van der Waals surface area contributed by atoms with E-state index in [4.69, 9.17) is 4.74 Å². The first-order valence-electron chi connectivity index (χ1n) is 7.46. The molecule has 1 amide bonds. The van der Waals surface area contributed by atoms with Crippen molar-refractivity contribution in [2.45, 2.75) is 19.3 Å². The summed E-state index contributed by atoms with van der Waals surface area (Å²) in [5.41, 5.74) is 1.23. The molecule has 0 aliphatic carbocycles. The Bertz CT molecular complexity index is 610. The van der Waals surface area contributed by atoms with Crippen LogP contribution in [-0.4, -0.2) is 51.4 Å². The van der Waals surface area contributed by atoms with Crippen molar-refractivity contribution >= 4 is 15.7 Å². The molecular weight excluding hydrogens is 302 g/mol. The summed E-state index contributed by atoms with van der Waals surface area (Å²) in [7, 11) is -1.43. The van der Waals surface area contributed by atoms with Gasteiger partial charge in [-0.25, -0.2) is 8.42 Å². The van der Waals surface area contributed by atoms with Crippen molar-refractivity contribution in [2.24, 2.45) is 5.92 Å². The average molecular weight is 325 g/mol. The molecule has 1 aliphatic heterocycles. The average Bonchev–Trinajstić information content (AvgIpc) is 2.93. The van der Waals surface area contributed by atoms with Gasteiger partial charge in [-0.15, -0.1) is 0 Å². The summed E-state index contributed by atoms with van der Waals surface area (Å²) in [4.78, 5) is 13.8. The van der Waals surface area contributed by atoms with Crippen molar-refractivity contribution < 1.29 is 17.9 Å². The number of rotatable bonds is 6. The fourth-order valence-corrected chi connectivity index (χ4v) is 3.30. The molecule has 0 spiro atoms. The SMILES string of the molecule is COc1ccc(CC2CCN(C(=O)CCS(C)(=O)=O)C2)cc1. The van der Waals surface area contributed by atoms with Crippen molar-refractivity contribution in [2.75, 3.05) is 32.2 Å². The summed E-state index contributed by atoms with van der Waals surface area (Å²) in [5.74, 6) is 1.16. The number of amides is 1. The minimum atomic E-state index is -3.08. The molecule has 1 saturated heterocycles. The molecule has 0 bridgehead atoms. The van der Waals surface area contributed by atoms with Gasteiger partial charge >= 0.3 is 0 Å². The van der Waals surface area contributed by atoms with E-state index < -0.39 is 9.84 Å². The molecule has 0 N–H and O–H groups in total. The third-order valence-corrected chi connectivity index (χ3v) is 4.95. The molecule has 122 valence electrons. The van der Waals surface area contributed by atoms with E-state index in [-0.39, 0.29) is 18.1 Å². The highest BCUT2D eigenvalue weighted by Gasteiger charge is 2.26. The van der Waals surface area contributed by atoms with Gasteiger partial charge in [-0.3, -0.25) is 4.79 Å². The van der Waals surface area contributed by atoms with E-state index in [2.05, 4.69) is 0 Å². The summed E-state index contributed by atoms with van der Waals surface area (Å²) in [6.45, 7) is 1.44. The van der Waals surface area contributed by atoms with Crippen molar-refractivity contribution in [3.05, 3.63) is 29.8 Å². The summed E-state index contributed by atoms with van der Waals surface area (Å²) < 4.78 is 27.4. The molecule has 1 aliphatic rings. The second-order valence-corrected chi connectivity index (χ2v) is 8.19. The van der Waals surface area contributed by atoms with Crippen LogP contribution in [0.3, 0.4) is 0 Å². The van der Waals surface area contributed by atoms with Crippen LogP contribution in [0.5, 0.6) is 5.75 Å². The molecule has 1 atom stereocenters. The summed E-state index contributed by atoms with van der Waals surface area (Å²) >= 11 is 0. The predicted molar refractivity (Wildman–Crippen MR) is 85.7 cm³/mol. The summed E-state index contributed by atoms with van der Waals surface area (Å²) in [6.07, 6.45) is 3.15. The molecule has 0 radical (unpaired) electrons. The number of sulfone groups is 1. The van der Waals surface area contributed by atoms with E-state index in [1.54, 1.807) is 12.0 Å². The maximum Gasteiger partial charge on any atom is 0.223 e. The minimum Gasteiger partial charge on any atom is -0.497 e. The highest BCUT2D eigenvalue weighted by atomic mass is 32.2. The van der Waals surface area contributed by atoms with Crippen LogP contribution >= 0.6 is 0 Å². The van der Waals surface area contributed by atoms with Crippen LogP contribution in [0.25, 0.3) is 0 Å². The van der Waals surface area contributed by atoms with Gasteiger partial charge < -0.3 is 9.64 Å². The molecule has 1 aromatic rings. The standard InChI is InChI=1S/C16H23NO4S/c1-21-15-5-3-13(4-6-15)11-14-7-9-17(12-14)16(18)8-10-22(2,19)20/h3-6,14H,7-12H2,1-2H3. The van der Waals surface area contributed by atoms with Gasteiger partial charge in [0.2, 0.25) is 5.91 Å². The van der Waals surface area contributed by atoms with Gasteiger partial charge in [-0.05, 0) is 36.5 Å². The predicted octanol–water partition coefficient (Wildman–Crippen LogP) is 1.52. The minimum absolute atomic E-state index is 0.0531. The van der Waals surface area contributed by atoms with E-state index in [1.807, 2.05) is 24.3 Å². The third kappa shape index (κ3) is 5.02. The van der Waals surface area contributed by atoms with Crippen LogP contribution in [0.1, 0.15) is 18.4 Å². The van der Waals surface area contributed by atoms with Gasteiger partial charge in [0.25, 0.3) is 0 Å². The van der Waals surface area contributed by atoms with Crippen LogP contribution < -0.4 is 4.74 Å². The molecule has 0 aromatic heterocycles. The van der Waals surface area contributed by atoms with E-state index in [9.17, 15) is 13.2 Å². The van der Waals surface area contributed by atoms with Crippen LogP contribution in [-0.2, 0) is 21.1 Å². The molecule has 1 heterocycles. The molecule has 2 rings (SSSR count). The van der Waals surface area contributed by atoms with Crippen LogP contribution in [0, 0.1) is 5.92 Å². The molecule has 1 fully saturated rings. The Morgan fingerprint density at radius 2 is 2.00 bits per heavy atom. The van der Waals surface area contributed by atoms with Crippen molar-refractivity contribution in [3.63, 3.8) is 0 Å². The Labute approximate surface area is 132 Å². The van der Waals surface area contributed by atoms with Crippen molar-refractivity contribution in [1.82, 2.24) is 4.90 Å². The molecule has 6 heteroatoms. The maximum absolute atomic E-state index is 12.0. The zero-order valence-electron chi connectivity index (χ0n) is 13.1. The molecule has 22 heavy (non-hydrogen) atoms. The molecule has 1 unspecified atom stereocenters. The number of hydrogen-bond acceptors (Lipinski definition) is 4. The Balaban J connectivity index is 1.83. The van der Waals surface area contributed by atoms with Crippen LogP contribution in [0.4, 0.5) is 0 Å². The number of likely N-dealkylation sites (tertiary alicyclic amines) is 1. The monoisotopic (exact) mass is 325 g/mol. The largest absolute Gasteiger partial charge is 0.497 e. The maximum atomic E-state index is 12.0. The van der Waals surface area contributed by atoms with E-state index in [0.717, 1.165) is 31.4 Å². The second kappa shape index (κ2) is 7.13. The first-order chi connectivity index (χ1) is 10.4. The Morgan fingerprint density at radius 3 is 2.59 bits per heavy atom. The van der Waals surface area contributed by atoms with Gasteiger partial charge in [0.15, 0.2) is 0 Å². The summed E-state index contributed by atoms with van der Waals surface area (Å²) in [5, 5.41) is 0. The van der Waals surface area contributed by atoms with Gasteiger partial charge in [-0.1, -0.05) is 12.1 Å². The zero-order chi connectivity index (χ0) is 16.2. The van der Waals surface area contributed by atoms with Crippen molar-refractivity contribution in [3.8, 4) is 5.75 Å². The third-order valence-electron chi connectivity index (χ3n) is 4.01. The Hall–Kier alpha value is -1.56. The molecule has 1 aromatic carbocycles.